The minimum atomic E-state index is -0.673. The first-order chi connectivity index (χ1) is 13.1. The Morgan fingerprint density at radius 3 is 2.63 bits per heavy atom. The van der Waals surface area contributed by atoms with Gasteiger partial charge in [0.15, 0.2) is 5.76 Å². The van der Waals surface area contributed by atoms with Crippen molar-refractivity contribution in [1.82, 2.24) is 9.38 Å². The Labute approximate surface area is 153 Å². The van der Waals surface area contributed by atoms with Crippen LogP contribution in [-0.2, 0) is 6.54 Å². The highest BCUT2D eigenvalue weighted by Gasteiger charge is 2.24. The van der Waals surface area contributed by atoms with Gasteiger partial charge in [-0.05, 0) is 30.3 Å². The molecule has 8 nitrogen and oxygen atoms in total. The van der Waals surface area contributed by atoms with Crippen molar-refractivity contribution in [2.75, 3.05) is 4.90 Å². The first kappa shape index (κ1) is 16.5. The monoisotopic (exact) mass is 362 g/mol. The summed E-state index contributed by atoms with van der Waals surface area (Å²) in [5, 5.41) is 10.9. The van der Waals surface area contributed by atoms with Crippen LogP contribution in [0.3, 0.4) is 0 Å². The molecule has 1 amide bonds. The number of nitrogens with zero attached hydrogens (tertiary/aromatic N) is 4. The van der Waals surface area contributed by atoms with Crippen molar-refractivity contribution in [3.05, 3.63) is 94.6 Å². The first-order valence-corrected chi connectivity index (χ1v) is 8.15. The molecule has 134 valence electrons. The molecule has 4 rings (SSSR count). The number of aromatic nitrogens is 2. The van der Waals surface area contributed by atoms with Gasteiger partial charge in [0.2, 0.25) is 0 Å². The predicted octanol–water partition coefficient (Wildman–Crippen LogP) is 3.68. The van der Waals surface area contributed by atoms with Crippen molar-refractivity contribution in [2.24, 2.45) is 0 Å². The zero-order chi connectivity index (χ0) is 18.8. The summed E-state index contributed by atoms with van der Waals surface area (Å²) in [4.78, 5) is 29.0. The highest BCUT2D eigenvalue weighted by Crippen LogP contribution is 2.23. The van der Waals surface area contributed by atoms with Crippen LogP contribution in [0.15, 0.2) is 77.5 Å². The highest BCUT2D eigenvalue weighted by atomic mass is 16.6. The standard InChI is InChI=1S/C19H14N4O4/c24-19(16-9-10-18(27-16)23(25)26)22(14-6-2-1-3-7-14)13-15-12-20-17-8-4-5-11-21(15)17/h1-12H,13H2. The first-order valence-electron chi connectivity index (χ1n) is 8.15. The van der Waals surface area contributed by atoms with E-state index in [0.717, 1.165) is 11.3 Å². The summed E-state index contributed by atoms with van der Waals surface area (Å²) in [6.45, 7) is 0.225. The van der Waals surface area contributed by atoms with Gasteiger partial charge in [-0.15, -0.1) is 0 Å². The van der Waals surface area contributed by atoms with Crippen molar-refractivity contribution in [2.45, 2.75) is 6.54 Å². The van der Waals surface area contributed by atoms with Gasteiger partial charge in [0, 0.05) is 11.9 Å². The van der Waals surface area contributed by atoms with E-state index < -0.39 is 16.7 Å². The quantitative estimate of drug-likeness (QED) is 0.399. The smallest absolute Gasteiger partial charge is 0.395 e. The van der Waals surface area contributed by atoms with Crippen LogP contribution in [0.1, 0.15) is 16.2 Å². The number of fused-ring (bicyclic) bond motifs is 1. The molecule has 4 aromatic rings. The fourth-order valence-corrected chi connectivity index (χ4v) is 2.83. The Morgan fingerprint density at radius 2 is 1.89 bits per heavy atom. The van der Waals surface area contributed by atoms with Crippen LogP contribution in [0.5, 0.6) is 0 Å². The third kappa shape index (κ3) is 3.15. The van der Waals surface area contributed by atoms with E-state index in [-0.39, 0.29) is 12.3 Å². The number of furan rings is 1. The van der Waals surface area contributed by atoms with Gasteiger partial charge in [-0.1, -0.05) is 24.3 Å². The number of anilines is 1. The summed E-state index contributed by atoms with van der Waals surface area (Å²) in [5.74, 6) is -1.04. The van der Waals surface area contributed by atoms with E-state index >= 15 is 0 Å². The zero-order valence-corrected chi connectivity index (χ0v) is 14.1. The lowest BCUT2D eigenvalue weighted by atomic mass is 10.2. The van der Waals surface area contributed by atoms with E-state index in [1.807, 2.05) is 47.0 Å². The fraction of sp³-hybridized carbons (Fsp3) is 0.0526. The van der Waals surface area contributed by atoms with Crippen LogP contribution < -0.4 is 4.90 Å². The Bertz CT molecular complexity index is 1120. The van der Waals surface area contributed by atoms with Crippen LogP contribution in [0.2, 0.25) is 0 Å². The molecule has 0 N–H and O–H groups in total. The Kier molecular flexibility index (Phi) is 4.13. The van der Waals surface area contributed by atoms with Crippen molar-refractivity contribution in [3.63, 3.8) is 0 Å². The Morgan fingerprint density at radius 1 is 1.11 bits per heavy atom. The van der Waals surface area contributed by atoms with Gasteiger partial charge in [-0.25, -0.2) is 4.98 Å². The van der Waals surface area contributed by atoms with Gasteiger partial charge in [0.05, 0.1) is 24.5 Å². The van der Waals surface area contributed by atoms with Crippen molar-refractivity contribution in [1.29, 1.82) is 0 Å². The van der Waals surface area contributed by atoms with Crippen LogP contribution in [0.25, 0.3) is 5.65 Å². The summed E-state index contributed by atoms with van der Waals surface area (Å²) >= 11 is 0. The van der Waals surface area contributed by atoms with E-state index in [9.17, 15) is 14.9 Å². The molecule has 0 bridgehead atoms. The summed E-state index contributed by atoms with van der Waals surface area (Å²) < 4.78 is 6.99. The van der Waals surface area contributed by atoms with Crippen LogP contribution in [-0.4, -0.2) is 20.2 Å². The maximum atomic E-state index is 13.0. The van der Waals surface area contributed by atoms with Crippen molar-refractivity contribution >= 4 is 23.1 Å². The largest absolute Gasteiger partial charge is 0.433 e. The lowest BCUT2D eigenvalue weighted by Gasteiger charge is -2.21. The maximum absolute atomic E-state index is 13.0. The normalized spacial score (nSPS) is 10.8. The number of nitro groups is 1. The second kappa shape index (κ2) is 6.75. The van der Waals surface area contributed by atoms with Crippen LogP contribution in [0.4, 0.5) is 11.6 Å². The van der Waals surface area contributed by atoms with Gasteiger partial charge >= 0.3 is 5.88 Å². The molecule has 0 atom stereocenters. The lowest BCUT2D eigenvalue weighted by molar-refractivity contribution is -0.402. The topological polar surface area (TPSA) is 93.9 Å². The molecule has 3 aromatic heterocycles. The molecule has 0 radical (unpaired) electrons. The van der Waals surface area contributed by atoms with E-state index in [2.05, 4.69) is 4.98 Å². The summed E-state index contributed by atoms with van der Waals surface area (Å²) in [6, 6.07) is 17.2. The number of carbonyl (C=O) groups excluding carboxylic acids is 1. The molecule has 3 heterocycles. The molecule has 0 saturated heterocycles. The number of carbonyl (C=O) groups is 1. The second-order valence-electron chi connectivity index (χ2n) is 5.80. The van der Waals surface area contributed by atoms with E-state index in [0.29, 0.717) is 5.69 Å². The molecule has 0 aliphatic rings. The van der Waals surface area contributed by atoms with E-state index in [1.165, 1.54) is 17.0 Å². The molecule has 27 heavy (non-hydrogen) atoms. The fourth-order valence-electron chi connectivity index (χ4n) is 2.83. The highest BCUT2D eigenvalue weighted by molar-refractivity contribution is 6.04. The number of amides is 1. The number of benzene rings is 1. The molecule has 0 aliphatic heterocycles. The number of rotatable bonds is 5. The van der Waals surface area contributed by atoms with Crippen molar-refractivity contribution in [3.8, 4) is 0 Å². The van der Waals surface area contributed by atoms with E-state index in [4.69, 9.17) is 4.42 Å². The average molecular weight is 362 g/mol. The third-order valence-electron chi connectivity index (χ3n) is 4.11. The van der Waals surface area contributed by atoms with Gasteiger partial charge in [0.25, 0.3) is 5.91 Å². The molecule has 0 aliphatic carbocycles. The average Bonchev–Trinajstić information content (AvgIpc) is 3.34. The minimum absolute atomic E-state index is 0.0978. The van der Waals surface area contributed by atoms with E-state index in [1.54, 1.807) is 18.3 Å². The molecule has 0 saturated carbocycles. The maximum Gasteiger partial charge on any atom is 0.433 e. The number of hydrogen-bond acceptors (Lipinski definition) is 5. The molecule has 0 fully saturated rings. The molecule has 0 unspecified atom stereocenters. The minimum Gasteiger partial charge on any atom is -0.395 e. The molecule has 1 aromatic carbocycles. The van der Waals surface area contributed by atoms with Gasteiger partial charge in [-0.2, -0.15) is 0 Å². The molecule has 8 heteroatoms. The summed E-state index contributed by atoms with van der Waals surface area (Å²) in [5.41, 5.74) is 2.21. The molecule has 0 spiro atoms. The van der Waals surface area contributed by atoms with Gasteiger partial charge < -0.3 is 8.82 Å². The third-order valence-corrected chi connectivity index (χ3v) is 4.11. The summed E-state index contributed by atoms with van der Waals surface area (Å²) in [6.07, 6.45) is 3.56. The van der Waals surface area contributed by atoms with Gasteiger partial charge in [-0.3, -0.25) is 19.8 Å². The predicted molar refractivity (Wildman–Crippen MR) is 97.5 cm³/mol. The Hall–Kier alpha value is -3.94. The van der Waals surface area contributed by atoms with Crippen molar-refractivity contribution < 1.29 is 14.1 Å². The lowest BCUT2D eigenvalue weighted by Crippen LogP contribution is -2.30. The molecular formula is C19H14N4O4. The summed E-state index contributed by atoms with van der Waals surface area (Å²) in [7, 11) is 0. The number of para-hydroxylation sites is 1. The number of hydrogen-bond donors (Lipinski definition) is 0. The van der Waals surface area contributed by atoms with Crippen LogP contribution >= 0.6 is 0 Å². The SMILES string of the molecule is O=C(c1ccc([N+](=O)[O-])o1)N(Cc1cnc2ccccn12)c1ccccc1. The molecular weight excluding hydrogens is 348 g/mol. The van der Waals surface area contributed by atoms with Gasteiger partial charge in [0.1, 0.15) is 10.6 Å². The second-order valence-corrected chi connectivity index (χ2v) is 5.80. The number of pyridine rings is 1. The zero-order valence-electron chi connectivity index (χ0n) is 14.1. The van der Waals surface area contributed by atoms with Crippen LogP contribution in [0, 0.1) is 10.1 Å². The Balaban J connectivity index is 1.73. The number of imidazole rings is 1.